The maximum absolute atomic E-state index is 12.4. The molecule has 6 nitrogen and oxygen atoms in total. The molecule has 1 aromatic rings. The molecule has 0 atom stereocenters. The molecule has 1 fully saturated rings. The first-order valence-corrected chi connectivity index (χ1v) is 9.93. The predicted octanol–water partition coefficient (Wildman–Crippen LogP) is 2.45. The predicted molar refractivity (Wildman–Crippen MR) is 101 cm³/mol. The van der Waals surface area contributed by atoms with E-state index in [2.05, 4.69) is 22.0 Å². The maximum atomic E-state index is 12.4. The van der Waals surface area contributed by atoms with Crippen LogP contribution in [0.4, 0.5) is 5.00 Å². The van der Waals surface area contributed by atoms with Crippen molar-refractivity contribution in [3.63, 3.8) is 0 Å². The summed E-state index contributed by atoms with van der Waals surface area (Å²) in [5.74, 6) is -0.444. The smallest absolute Gasteiger partial charge is 0.341 e. The van der Waals surface area contributed by atoms with Gasteiger partial charge in [-0.2, -0.15) is 0 Å². The molecular weight excluding hydrogens is 338 g/mol. The van der Waals surface area contributed by atoms with Crippen molar-refractivity contribution in [1.82, 2.24) is 9.80 Å². The first-order chi connectivity index (χ1) is 12.1. The van der Waals surface area contributed by atoms with Gasteiger partial charge < -0.3 is 15.0 Å². The van der Waals surface area contributed by atoms with Gasteiger partial charge in [-0.3, -0.25) is 9.69 Å². The van der Waals surface area contributed by atoms with Gasteiger partial charge >= 0.3 is 5.97 Å². The minimum Gasteiger partial charge on any atom is -0.462 e. The summed E-state index contributed by atoms with van der Waals surface area (Å²) >= 11 is 1.45. The van der Waals surface area contributed by atoms with Crippen LogP contribution in [0.5, 0.6) is 0 Å². The van der Waals surface area contributed by atoms with Crippen LogP contribution >= 0.6 is 11.3 Å². The molecule has 2 heterocycles. The molecule has 1 aliphatic rings. The van der Waals surface area contributed by atoms with Gasteiger partial charge in [0.15, 0.2) is 0 Å². The first kappa shape index (κ1) is 19.9. The molecule has 2 rings (SSSR count). The highest BCUT2D eigenvalue weighted by molar-refractivity contribution is 7.16. The number of nitrogens with zero attached hydrogens (tertiary/aromatic N) is 2. The van der Waals surface area contributed by atoms with E-state index in [4.69, 9.17) is 4.74 Å². The Kier molecular flexibility index (Phi) is 7.87. The molecule has 25 heavy (non-hydrogen) atoms. The first-order valence-electron chi connectivity index (χ1n) is 9.11. The number of carbonyl (C=O) groups is 2. The van der Waals surface area contributed by atoms with Crippen LogP contribution in [-0.4, -0.2) is 67.6 Å². The second-order valence-corrected chi connectivity index (χ2v) is 7.33. The summed E-state index contributed by atoms with van der Waals surface area (Å²) in [7, 11) is 0. The average Bonchev–Trinajstić information content (AvgIpc) is 3.00. The summed E-state index contributed by atoms with van der Waals surface area (Å²) in [4.78, 5) is 30.1. The Balaban J connectivity index is 1.92. The third-order valence-corrected chi connectivity index (χ3v) is 5.45. The molecular formula is C18H29N3O3S. The van der Waals surface area contributed by atoms with Gasteiger partial charge in [0.1, 0.15) is 5.00 Å². The number of thiophene rings is 1. The Hall–Kier alpha value is -1.44. The number of amides is 1. The number of hydrogen-bond donors (Lipinski definition) is 1. The summed E-state index contributed by atoms with van der Waals surface area (Å²) in [5, 5.41) is 3.51. The molecule has 0 aliphatic carbocycles. The largest absolute Gasteiger partial charge is 0.462 e. The summed E-state index contributed by atoms with van der Waals surface area (Å²) in [6, 6.07) is 1.82. The Labute approximate surface area is 154 Å². The number of piperazine rings is 1. The summed E-state index contributed by atoms with van der Waals surface area (Å²) in [5.41, 5.74) is 0.463. The number of aryl methyl sites for hydroxylation is 1. The zero-order valence-electron chi connectivity index (χ0n) is 15.5. The van der Waals surface area contributed by atoms with Crippen LogP contribution in [0.1, 0.15) is 42.4 Å². The minimum absolute atomic E-state index is 0.0704. The van der Waals surface area contributed by atoms with E-state index < -0.39 is 0 Å². The van der Waals surface area contributed by atoms with Gasteiger partial charge in [-0.1, -0.05) is 13.8 Å². The molecule has 0 saturated carbocycles. The van der Waals surface area contributed by atoms with E-state index >= 15 is 0 Å². The van der Waals surface area contributed by atoms with E-state index in [1.807, 2.05) is 13.0 Å². The van der Waals surface area contributed by atoms with Gasteiger partial charge in [0.25, 0.3) is 0 Å². The Bertz CT molecular complexity index is 580. The molecule has 1 aromatic heterocycles. The highest BCUT2D eigenvalue weighted by atomic mass is 32.1. The molecule has 0 bridgehead atoms. The maximum Gasteiger partial charge on any atom is 0.341 e. The lowest BCUT2D eigenvalue weighted by molar-refractivity contribution is -0.117. The molecule has 0 radical (unpaired) electrons. The number of rotatable bonds is 8. The van der Waals surface area contributed by atoms with E-state index in [1.165, 1.54) is 11.3 Å². The minimum atomic E-state index is -0.373. The van der Waals surface area contributed by atoms with Crippen LogP contribution < -0.4 is 5.32 Å². The number of anilines is 1. The van der Waals surface area contributed by atoms with Gasteiger partial charge in [-0.05, 0) is 32.4 Å². The van der Waals surface area contributed by atoms with Gasteiger partial charge in [-0.15, -0.1) is 11.3 Å². The van der Waals surface area contributed by atoms with Crippen molar-refractivity contribution in [1.29, 1.82) is 0 Å². The highest BCUT2D eigenvalue weighted by Crippen LogP contribution is 2.29. The highest BCUT2D eigenvalue weighted by Gasteiger charge is 2.21. The molecule has 0 spiro atoms. The number of hydrogen-bond acceptors (Lipinski definition) is 6. The van der Waals surface area contributed by atoms with Gasteiger partial charge in [0.2, 0.25) is 5.91 Å². The Morgan fingerprint density at radius 1 is 1.16 bits per heavy atom. The monoisotopic (exact) mass is 367 g/mol. The molecule has 1 N–H and O–H groups in total. The fourth-order valence-corrected chi connectivity index (χ4v) is 3.93. The van der Waals surface area contributed by atoms with Crippen molar-refractivity contribution in [3.8, 4) is 0 Å². The SMILES string of the molecule is CCCN1CCN(CC(=O)Nc2sc(CC)cc2C(=O)OCC)CC1. The molecule has 0 unspecified atom stereocenters. The van der Waals surface area contributed by atoms with E-state index in [0.29, 0.717) is 23.7 Å². The molecule has 0 aromatic carbocycles. The van der Waals surface area contributed by atoms with Crippen molar-refractivity contribution in [2.24, 2.45) is 0 Å². The number of nitrogens with one attached hydrogen (secondary N) is 1. The van der Waals surface area contributed by atoms with Crippen molar-refractivity contribution < 1.29 is 14.3 Å². The number of carbonyl (C=O) groups excluding carboxylic acids is 2. The van der Waals surface area contributed by atoms with Crippen molar-refractivity contribution in [3.05, 3.63) is 16.5 Å². The van der Waals surface area contributed by atoms with Crippen molar-refractivity contribution in [2.75, 3.05) is 51.2 Å². The molecule has 1 saturated heterocycles. The Morgan fingerprint density at radius 2 is 1.84 bits per heavy atom. The van der Waals surface area contributed by atoms with E-state index in [-0.39, 0.29) is 11.9 Å². The van der Waals surface area contributed by atoms with E-state index in [0.717, 1.165) is 50.4 Å². The topological polar surface area (TPSA) is 61.9 Å². The molecule has 1 amide bonds. The van der Waals surface area contributed by atoms with E-state index in [1.54, 1.807) is 6.92 Å². The van der Waals surface area contributed by atoms with Gasteiger partial charge in [0.05, 0.1) is 18.7 Å². The lowest BCUT2D eigenvalue weighted by atomic mass is 10.2. The van der Waals surface area contributed by atoms with Crippen LogP contribution in [0.3, 0.4) is 0 Å². The second-order valence-electron chi connectivity index (χ2n) is 6.20. The van der Waals surface area contributed by atoms with Crippen LogP contribution in [0.2, 0.25) is 0 Å². The lowest BCUT2D eigenvalue weighted by Crippen LogP contribution is -2.48. The van der Waals surface area contributed by atoms with E-state index in [9.17, 15) is 9.59 Å². The van der Waals surface area contributed by atoms with Crippen LogP contribution in [0, 0.1) is 0 Å². The molecule has 7 heteroatoms. The number of ether oxygens (including phenoxy) is 1. The normalized spacial score (nSPS) is 16.0. The Morgan fingerprint density at radius 3 is 2.44 bits per heavy atom. The van der Waals surface area contributed by atoms with Crippen LogP contribution in [0.25, 0.3) is 0 Å². The third kappa shape index (κ3) is 5.80. The fraction of sp³-hybridized carbons (Fsp3) is 0.667. The summed E-state index contributed by atoms with van der Waals surface area (Å²) in [6.07, 6.45) is 1.99. The van der Waals surface area contributed by atoms with Gasteiger partial charge in [0, 0.05) is 31.1 Å². The molecule has 140 valence electrons. The van der Waals surface area contributed by atoms with Crippen LogP contribution in [-0.2, 0) is 16.0 Å². The standard InChI is InChI=1S/C18H29N3O3S/c1-4-7-20-8-10-21(11-9-20)13-16(22)19-17-15(18(23)24-6-3)12-14(5-2)25-17/h12H,4-11,13H2,1-3H3,(H,19,22). The summed E-state index contributed by atoms with van der Waals surface area (Å²) < 4.78 is 5.09. The average molecular weight is 368 g/mol. The quantitative estimate of drug-likeness (QED) is 0.715. The lowest BCUT2D eigenvalue weighted by Gasteiger charge is -2.34. The summed E-state index contributed by atoms with van der Waals surface area (Å²) in [6.45, 7) is 11.6. The second kappa shape index (κ2) is 9.89. The molecule has 1 aliphatic heterocycles. The van der Waals surface area contributed by atoms with Crippen LogP contribution in [0.15, 0.2) is 6.07 Å². The van der Waals surface area contributed by atoms with Gasteiger partial charge in [-0.25, -0.2) is 4.79 Å². The number of esters is 1. The van der Waals surface area contributed by atoms with Crippen molar-refractivity contribution in [2.45, 2.75) is 33.6 Å². The van der Waals surface area contributed by atoms with Crippen molar-refractivity contribution >= 4 is 28.2 Å². The fourth-order valence-electron chi connectivity index (χ4n) is 2.93. The third-order valence-electron chi connectivity index (χ3n) is 4.25. The zero-order chi connectivity index (χ0) is 18.2. The zero-order valence-corrected chi connectivity index (χ0v) is 16.3.